The molecule has 0 aromatic heterocycles. The molecule has 0 aliphatic heterocycles. The van der Waals surface area contributed by atoms with Gasteiger partial charge in [0.15, 0.2) is 8.30 Å². The van der Waals surface area contributed by atoms with E-state index < -0.39 is 8.30 Å². The van der Waals surface area contributed by atoms with E-state index in [9.17, 15) is 4.79 Å². The molecular weight excluding hydrogens is 333 g/mol. The summed E-state index contributed by atoms with van der Waals surface area (Å²) in [5.74, 6) is 0.467. The predicted octanol–water partition coefficient (Wildman–Crippen LogP) is 5.19. The Morgan fingerprint density at radius 1 is 1.16 bits per heavy atom. The molecule has 0 aliphatic carbocycles. The lowest BCUT2D eigenvalue weighted by Gasteiger charge is -2.15. The van der Waals surface area contributed by atoms with Gasteiger partial charge < -0.3 is 9.26 Å². The minimum absolute atomic E-state index is 0.117. The molecule has 0 amide bonds. The maximum absolute atomic E-state index is 11.8. The van der Waals surface area contributed by atoms with Crippen molar-refractivity contribution >= 4 is 14.3 Å². The van der Waals surface area contributed by atoms with Crippen molar-refractivity contribution in [2.45, 2.75) is 26.7 Å². The van der Waals surface area contributed by atoms with Gasteiger partial charge in [-0.2, -0.15) is 0 Å². The van der Waals surface area contributed by atoms with E-state index in [2.05, 4.69) is 18.2 Å². The molecule has 0 radical (unpaired) electrons. The number of esters is 1. The van der Waals surface area contributed by atoms with Crippen LogP contribution in [0.5, 0.6) is 0 Å². The number of rotatable bonds is 13. The van der Waals surface area contributed by atoms with Crippen molar-refractivity contribution in [2.24, 2.45) is 0 Å². The summed E-state index contributed by atoms with van der Waals surface area (Å²) in [6.07, 6.45) is 16.4. The van der Waals surface area contributed by atoms with Crippen LogP contribution in [0.2, 0.25) is 0 Å². The molecule has 5 heteroatoms. The van der Waals surface area contributed by atoms with Crippen LogP contribution in [0.15, 0.2) is 73.1 Å². The molecule has 0 saturated carbocycles. The SMILES string of the molecule is C=C/C=C\C=C(/CC)COC(=O)CNP(C)OC(/C=C\C=C)=C/CC. The number of allylic oxidation sites excluding steroid dienone is 8. The summed E-state index contributed by atoms with van der Waals surface area (Å²) in [7, 11) is -0.963. The van der Waals surface area contributed by atoms with E-state index in [1.165, 1.54) is 0 Å². The highest BCUT2D eigenvalue weighted by Crippen LogP contribution is 2.30. The predicted molar refractivity (Wildman–Crippen MR) is 108 cm³/mol. The average molecular weight is 363 g/mol. The Balaban J connectivity index is 4.30. The molecule has 0 saturated heterocycles. The summed E-state index contributed by atoms with van der Waals surface area (Å²) >= 11 is 0. The van der Waals surface area contributed by atoms with Gasteiger partial charge in [0.1, 0.15) is 18.9 Å². The summed E-state index contributed by atoms with van der Waals surface area (Å²) in [6.45, 7) is 13.6. The van der Waals surface area contributed by atoms with Crippen LogP contribution in [-0.4, -0.2) is 25.8 Å². The van der Waals surface area contributed by atoms with E-state index in [1.807, 2.05) is 57.0 Å². The van der Waals surface area contributed by atoms with Crippen molar-refractivity contribution in [3.8, 4) is 0 Å². The second-order valence-electron chi connectivity index (χ2n) is 4.99. The summed E-state index contributed by atoms with van der Waals surface area (Å²) in [5.41, 5.74) is 1.05. The number of carbonyl (C=O) groups is 1. The molecule has 1 atom stereocenters. The van der Waals surface area contributed by atoms with Crippen molar-refractivity contribution < 1.29 is 14.1 Å². The minimum Gasteiger partial charge on any atom is -0.460 e. The normalized spacial score (nSPS) is 13.9. The molecule has 0 fully saturated rings. The van der Waals surface area contributed by atoms with Crippen molar-refractivity contribution in [2.75, 3.05) is 19.8 Å². The van der Waals surface area contributed by atoms with E-state index in [4.69, 9.17) is 9.26 Å². The van der Waals surface area contributed by atoms with Crippen molar-refractivity contribution in [3.05, 3.63) is 73.1 Å². The van der Waals surface area contributed by atoms with Crippen molar-refractivity contribution in [1.29, 1.82) is 0 Å². The van der Waals surface area contributed by atoms with Gasteiger partial charge in [-0.1, -0.05) is 63.5 Å². The molecule has 0 rings (SSSR count). The van der Waals surface area contributed by atoms with Gasteiger partial charge in [-0.05, 0) is 30.6 Å². The molecule has 0 aromatic rings. The second kappa shape index (κ2) is 15.6. The Bertz CT molecular complexity index is 533. The largest absolute Gasteiger partial charge is 0.460 e. The molecule has 1 N–H and O–H groups in total. The highest BCUT2D eigenvalue weighted by Gasteiger charge is 2.09. The van der Waals surface area contributed by atoms with Crippen LogP contribution in [0.25, 0.3) is 0 Å². The highest BCUT2D eigenvalue weighted by atomic mass is 31.2. The molecule has 25 heavy (non-hydrogen) atoms. The molecule has 0 heterocycles. The molecular formula is C20H30NO3P. The lowest BCUT2D eigenvalue weighted by molar-refractivity contribution is -0.141. The Kier molecular flexibility index (Phi) is 14.4. The van der Waals surface area contributed by atoms with Crippen LogP contribution in [0.1, 0.15) is 26.7 Å². The zero-order valence-electron chi connectivity index (χ0n) is 15.5. The Morgan fingerprint density at radius 2 is 1.88 bits per heavy atom. The van der Waals surface area contributed by atoms with E-state index >= 15 is 0 Å². The first-order chi connectivity index (χ1) is 12.1. The maximum Gasteiger partial charge on any atom is 0.320 e. The average Bonchev–Trinajstić information content (AvgIpc) is 2.61. The van der Waals surface area contributed by atoms with Gasteiger partial charge >= 0.3 is 5.97 Å². The van der Waals surface area contributed by atoms with Gasteiger partial charge in [0.05, 0.1) is 0 Å². The number of ether oxygens (including phenoxy) is 1. The summed E-state index contributed by atoms with van der Waals surface area (Å²) in [5, 5.41) is 3.06. The molecule has 4 nitrogen and oxygen atoms in total. The van der Waals surface area contributed by atoms with Crippen LogP contribution in [0.3, 0.4) is 0 Å². The fraction of sp³-hybridized carbons (Fsp3) is 0.350. The van der Waals surface area contributed by atoms with Crippen LogP contribution < -0.4 is 5.09 Å². The molecule has 138 valence electrons. The molecule has 0 bridgehead atoms. The monoisotopic (exact) mass is 363 g/mol. The van der Waals surface area contributed by atoms with E-state index in [0.29, 0.717) is 6.61 Å². The van der Waals surface area contributed by atoms with Gasteiger partial charge in [0.25, 0.3) is 0 Å². The van der Waals surface area contributed by atoms with Crippen LogP contribution in [0.4, 0.5) is 0 Å². The van der Waals surface area contributed by atoms with E-state index in [-0.39, 0.29) is 12.5 Å². The molecule has 0 aromatic carbocycles. The number of hydrogen-bond acceptors (Lipinski definition) is 4. The standard InChI is InChI=1S/C20H30NO3P/c1-6-10-12-14-18(9-4)17-23-20(22)16-21-25(5)24-19(13-8-3)15-11-7-2/h6-7,10-15,21H,1-2,8-9,16-17H2,3-5H3/b12-10-,15-11-,18-14+,19-13+. The van der Waals surface area contributed by atoms with Crippen LogP contribution in [-0.2, 0) is 14.1 Å². The smallest absolute Gasteiger partial charge is 0.320 e. The van der Waals surface area contributed by atoms with Gasteiger partial charge in [-0.15, -0.1) is 0 Å². The molecule has 0 spiro atoms. The zero-order valence-corrected chi connectivity index (χ0v) is 16.4. The third-order valence-electron chi connectivity index (χ3n) is 2.94. The quantitative estimate of drug-likeness (QED) is 0.212. The summed E-state index contributed by atoms with van der Waals surface area (Å²) in [4.78, 5) is 11.8. The first kappa shape index (κ1) is 23.1. The molecule has 1 unspecified atom stereocenters. The number of carbonyl (C=O) groups excluding carboxylic acids is 1. The van der Waals surface area contributed by atoms with Gasteiger partial charge in [0.2, 0.25) is 0 Å². The van der Waals surface area contributed by atoms with E-state index in [0.717, 1.165) is 24.2 Å². The fourth-order valence-electron chi connectivity index (χ4n) is 1.63. The highest BCUT2D eigenvalue weighted by molar-refractivity contribution is 7.49. The Hall–Kier alpha value is -1.90. The number of nitrogens with one attached hydrogen (secondary N) is 1. The summed E-state index contributed by atoms with van der Waals surface area (Å²) < 4.78 is 11.1. The zero-order chi connectivity index (χ0) is 18.9. The second-order valence-corrected chi connectivity index (χ2v) is 6.49. The lowest BCUT2D eigenvalue weighted by atomic mass is 10.2. The maximum atomic E-state index is 11.8. The van der Waals surface area contributed by atoms with Gasteiger partial charge in [0, 0.05) is 6.66 Å². The third-order valence-corrected chi connectivity index (χ3v) is 4.03. The first-order valence-electron chi connectivity index (χ1n) is 8.34. The minimum atomic E-state index is -0.963. The molecule has 0 aliphatic rings. The third kappa shape index (κ3) is 13.1. The van der Waals surface area contributed by atoms with Crippen molar-refractivity contribution in [1.82, 2.24) is 5.09 Å². The Labute approximate surface area is 153 Å². The van der Waals surface area contributed by atoms with Crippen LogP contribution >= 0.6 is 8.30 Å². The van der Waals surface area contributed by atoms with Gasteiger partial charge in [-0.3, -0.25) is 9.88 Å². The topological polar surface area (TPSA) is 47.6 Å². The fourth-order valence-corrected chi connectivity index (χ4v) is 2.50. The Morgan fingerprint density at radius 3 is 2.48 bits per heavy atom. The lowest BCUT2D eigenvalue weighted by Crippen LogP contribution is -2.22. The van der Waals surface area contributed by atoms with Gasteiger partial charge in [-0.25, -0.2) is 0 Å². The van der Waals surface area contributed by atoms with Crippen molar-refractivity contribution in [3.63, 3.8) is 0 Å². The van der Waals surface area contributed by atoms with Crippen LogP contribution in [0, 0.1) is 0 Å². The summed E-state index contributed by atoms with van der Waals surface area (Å²) in [6, 6.07) is 0. The first-order valence-corrected chi connectivity index (χ1v) is 10.0. The number of hydrogen-bond donors (Lipinski definition) is 1. The van der Waals surface area contributed by atoms with E-state index in [1.54, 1.807) is 12.2 Å².